The number of sulfone groups is 1. The maximum Gasteiger partial charge on any atom is 0.414 e. The second-order valence-corrected chi connectivity index (χ2v) is 26.3. The van der Waals surface area contributed by atoms with Crippen LogP contribution < -0.4 is 15.0 Å². The van der Waals surface area contributed by atoms with Gasteiger partial charge in [-0.25, -0.2) is 8.42 Å². The molecule has 21 heteroatoms. The number of nitrogens with one attached hydrogen (secondary N) is 1. The van der Waals surface area contributed by atoms with Crippen LogP contribution in [-0.2, 0) is 48.0 Å². The number of esters is 3. The molecule has 75 heavy (non-hydrogen) atoms. The number of fused-ring (bicyclic) bond motifs is 7. The van der Waals surface area contributed by atoms with Crippen molar-refractivity contribution < 1.29 is 81.2 Å². The van der Waals surface area contributed by atoms with Crippen molar-refractivity contribution >= 4 is 33.7 Å². The SMILES string of the molecule is CC(CCOc1no[n+]([O-])c1S(=O)(=O)c1ccccc1)OC(=O)CCC(=O)O[C@H]1CC[C@]2(C)[C@H]3CC=C4[C@@H]5CC(C)(C)CC[C@]5(C(=O)OCC(=O)N[C@@H]5[C@@H](O)[C@H](O)[C@@H](CO)O[C@H]5O)CC[C@@]4(C)[C@]3(C)CC[C@H]2C1(C)C. The van der Waals surface area contributed by atoms with Gasteiger partial charge in [0.15, 0.2) is 12.9 Å². The Morgan fingerprint density at radius 1 is 0.907 bits per heavy atom. The Balaban J connectivity index is 0.865. The highest BCUT2D eigenvalue weighted by atomic mass is 32.2. The zero-order valence-electron chi connectivity index (χ0n) is 44.5. The quantitative estimate of drug-likeness (QED) is 0.0653. The van der Waals surface area contributed by atoms with Crippen molar-refractivity contribution in [3.8, 4) is 5.88 Å². The molecule has 6 aliphatic rings. The molecule has 2 aromatic rings. The molecular weight excluding hydrogens is 995 g/mol. The molecular formula is C54H77N3O17S. The molecule has 1 saturated heterocycles. The number of hydrogen-bond donors (Lipinski definition) is 5. The standard InChI is InChI=1S/C54H77N3O17S/c1-31(20-27-69-45-46(57(66)74-56-45)75(67,68)32-12-10-9-11-13-32)71-40(60)16-17-41(61)73-38-19-21-51(6)36(50(38,4)5)18-22-53(8)37(51)15-14-33-34-28-49(2,3)23-25-54(34,26-24-52(33,53)7)48(65)70-30-39(59)55-42-44(63)43(62)35(29-58)72-47(42)64/h9-14,31,34-38,42-44,47,58,62-64H,15-30H2,1-8H3,(H,55,59)/t31?,34-,35+,36-,37+,38-,42+,43+,44+,47+,51-,52+,53+,54-/m0/s1. The van der Waals surface area contributed by atoms with E-state index in [0.717, 1.165) is 44.9 Å². The normalized spacial score (nSPS) is 36.2. The maximum absolute atomic E-state index is 14.5. The monoisotopic (exact) mass is 1070 g/mol. The summed E-state index contributed by atoms with van der Waals surface area (Å²) in [6, 6.07) is 5.90. The molecule has 0 bridgehead atoms. The van der Waals surface area contributed by atoms with Gasteiger partial charge in [0.1, 0.15) is 36.6 Å². The predicted octanol–water partition coefficient (Wildman–Crippen LogP) is 4.79. The lowest BCUT2D eigenvalue weighted by Crippen LogP contribution is -2.65. The third-order valence-corrected chi connectivity index (χ3v) is 21.0. The first kappa shape index (κ1) is 56.5. The van der Waals surface area contributed by atoms with Gasteiger partial charge >= 0.3 is 28.8 Å². The average molecular weight is 1070 g/mol. The summed E-state index contributed by atoms with van der Waals surface area (Å²) in [4.78, 5) is 53.7. The number of aliphatic hydroxyl groups excluding tert-OH is 4. The second-order valence-electron chi connectivity index (χ2n) is 24.4. The van der Waals surface area contributed by atoms with Gasteiger partial charge in [0, 0.05) is 11.8 Å². The number of nitrogens with zero attached hydrogens (tertiary/aromatic N) is 2. The van der Waals surface area contributed by atoms with Gasteiger partial charge in [0.25, 0.3) is 15.7 Å². The van der Waals surface area contributed by atoms with E-state index in [1.807, 2.05) is 0 Å². The van der Waals surface area contributed by atoms with Crippen molar-refractivity contribution in [2.45, 2.75) is 192 Å². The summed E-state index contributed by atoms with van der Waals surface area (Å²) in [6.07, 6.45) is 2.76. The highest BCUT2D eigenvalue weighted by Gasteiger charge is 2.70. The van der Waals surface area contributed by atoms with Crippen LogP contribution >= 0.6 is 0 Å². The van der Waals surface area contributed by atoms with Crippen molar-refractivity contribution in [1.82, 2.24) is 10.5 Å². The average Bonchev–Trinajstić information content (AvgIpc) is 3.74. The van der Waals surface area contributed by atoms with Crippen molar-refractivity contribution in [3.05, 3.63) is 47.2 Å². The van der Waals surface area contributed by atoms with Crippen LogP contribution in [0.4, 0.5) is 0 Å². The van der Waals surface area contributed by atoms with Crippen LogP contribution in [-0.4, -0.2) is 120 Å². The summed E-state index contributed by atoms with van der Waals surface area (Å²) >= 11 is 0. The molecule has 1 unspecified atom stereocenters. The fourth-order valence-electron chi connectivity index (χ4n) is 14.9. The van der Waals surface area contributed by atoms with Crippen molar-refractivity contribution in [2.24, 2.45) is 50.2 Å². The molecule has 1 aliphatic heterocycles. The smallest absolute Gasteiger partial charge is 0.414 e. The Labute approximate surface area is 438 Å². The fourth-order valence-corrected chi connectivity index (χ4v) is 16.2. The van der Waals surface area contributed by atoms with E-state index in [0.29, 0.717) is 25.2 Å². The number of allylic oxidation sites excluding steroid dienone is 2. The summed E-state index contributed by atoms with van der Waals surface area (Å²) in [5, 5.41) is 58.1. The molecule has 0 radical (unpaired) electrons. The van der Waals surface area contributed by atoms with Crippen LogP contribution in [0.2, 0.25) is 0 Å². The van der Waals surface area contributed by atoms with Crippen LogP contribution in [0.1, 0.15) is 139 Å². The van der Waals surface area contributed by atoms with E-state index in [1.165, 1.54) is 29.8 Å². The second kappa shape index (κ2) is 20.9. The van der Waals surface area contributed by atoms with Crippen LogP contribution in [0, 0.1) is 55.5 Å². The first-order valence-corrected chi connectivity index (χ1v) is 28.0. The van der Waals surface area contributed by atoms with E-state index in [4.69, 9.17) is 23.7 Å². The summed E-state index contributed by atoms with van der Waals surface area (Å²) in [5.41, 5.74) is -0.413. The summed E-state index contributed by atoms with van der Waals surface area (Å²) in [5.74, 6) is -2.40. The lowest BCUT2D eigenvalue weighted by Gasteiger charge is -2.71. The van der Waals surface area contributed by atoms with Gasteiger partial charge in [-0.3, -0.25) is 23.8 Å². The molecule has 2 heterocycles. The molecule has 1 amide bonds. The van der Waals surface area contributed by atoms with E-state index >= 15 is 0 Å². The van der Waals surface area contributed by atoms with Gasteiger partial charge in [-0.1, -0.05) is 78.3 Å². The van der Waals surface area contributed by atoms with E-state index < -0.39 is 99.9 Å². The maximum atomic E-state index is 14.5. The number of benzene rings is 1. The van der Waals surface area contributed by atoms with E-state index in [1.54, 1.807) is 13.0 Å². The molecule has 8 rings (SSSR count). The molecule has 14 atom stereocenters. The number of aromatic nitrogens is 2. The van der Waals surface area contributed by atoms with E-state index in [-0.39, 0.29) is 80.7 Å². The molecule has 416 valence electrons. The number of rotatable bonds is 16. The highest BCUT2D eigenvalue weighted by molar-refractivity contribution is 7.91. The Morgan fingerprint density at radius 3 is 2.31 bits per heavy atom. The number of aliphatic hydroxyl groups is 4. The topological polar surface area (TPSA) is 294 Å². The Hall–Kier alpha value is -4.67. The fraction of sp³-hybridized carbons (Fsp3) is 0.741. The lowest BCUT2D eigenvalue weighted by molar-refractivity contribution is -0.832. The van der Waals surface area contributed by atoms with Gasteiger partial charge in [0.05, 0.1) is 41.5 Å². The summed E-state index contributed by atoms with van der Waals surface area (Å²) in [6.45, 7) is 16.3. The van der Waals surface area contributed by atoms with Gasteiger partial charge in [0.2, 0.25) is 0 Å². The van der Waals surface area contributed by atoms with Gasteiger partial charge < -0.3 is 54.6 Å². The highest BCUT2D eigenvalue weighted by Crippen LogP contribution is 2.76. The molecule has 5 fully saturated rings. The molecule has 20 nitrogen and oxygen atoms in total. The van der Waals surface area contributed by atoms with Gasteiger partial charge in [-0.05, 0) is 128 Å². The first-order chi connectivity index (χ1) is 35.1. The van der Waals surface area contributed by atoms with Crippen LogP contribution in [0.3, 0.4) is 0 Å². The van der Waals surface area contributed by atoms with E-state index in [2.05, 4.69) is 69.6 Å². The summed E-state index contributed by atoms with van der Waals surface area (Å²) in [7, 11) is -4.30. The number of carbonyl (C=O) groups is 4. The first-order valence-electron chi connectivity index (χ1n) is 26.5. The molecule has 4 saturated carbocycles. The predicted molar refractivity (Wildman–Crippen MR) is 264 cm³/mol. The molecule has 0 spiro atoms. The third kappa shape index (κ3) is 10.2. The van der Waals surface area contributed by atoms with Crippen LogP contribution in [0.15, 0.2) is 56.5 Å². The molecule has 5 N–H and O–H groups in total. The molecule has 1 aromatic heterocycles. The van der Waals surface area contributed by atoms with Crippen molar-refractivity contribution in [1.29, 1.82) is 0 Å². The number of ether oxygens (including phenoxy) is 5. The minimum atomic E-state index is -4.30. The molecule has 1 aromatic carbocycles. The van der Waals surface area contributed by atoms with Crippen LogP contribution in [0.5, 0.6) is 5.88 Å². The van der Waals surface area contributed by atoms with E-state index in [9.17, 15) is 53.2 Å². The lowest BCUT2D eigenvalue weighted by atomic mass is 9.33. The largest absolute Gasteiger partial charge is 0.463 e. The number of hydrogen-bond acceptors (Lipinski definition) is 18. The number of carbonyl (C=O) groups excluding carboxylic acids is 4. The van der Waals surface area contributed by atoms with Gasteiger partial charge in [-0.2, -0.15) is 0 Å². The molecule has 5 aliphatic carbocycles. The Morgan fingerprint density at radius 2 is 1.60 bits per heavy atom. The van der Waals surface area contributed by atoms with Gasteiger partial charge in [-0.15, -0.1) is 0 Å². The Bertz CT molecular complexity index is 2610. The zero-order chi connectivity index (χ0) is 54.7. The number of amides is 1. The minimum Gasteiger partial charge on any atom is -0.463 e. The minimum absolute atomic E-state index is 0.0460. The zero-order valence-corrected chi connectivity index (χ0v) is 45.3. The third-order valence-electron chi connectivity index (χ3n) is 19.3. The van der Waals surface area contributed by atoms with Crippen LogP contribution in [0.25, 0.3) is 0 Å². The van der Waals surface area contributed by atoms with Crippen molar-refractivity contribution in [3.63, 3.8) is 0 Å². The van der Waals surface area contributed by atoms with Crippen molar-refractivity contribution in [2.75, 3.05) is 19.8 Å². The Kier molecular flexibility index (Phi) is 15.8. The summed E-state index contributed by atoms with van der Waals surface area (Å²) < 4.78 is 58.9.